The third kappa shape index (κ3) is 17.1. The van der Waals surface area contributed by atoms with Crippen LogP contribution in [0.2, 0.25) is 33.0 Å². The van der Waals surface area contributed by atoms with Crippen LogP contribution in [0.5, 0.6) is 0 Å². The van der Waals surface area contributed by atoms with Crippen LogP contribution in [0, 0.1) is 0 Å². The summed E-state index contributed by atoms with van der Waals surface area (Å²) in [5, 5.41) is 0. The fraction of sp³-hybridized carbons (Fsp3) is 0.808. The molecule has 0 saturated carbocycles. The van der Waals surface area contributed by atoms with Gasteiger partial charge in [-0.3, -0.25) is 0 Å². The molecule has 0 bridgehead atoms. The van der Waals surface area contributed by atoms with Gasteiger partial charge in [-0.1, -0.05) is 0 Å². The maximum atomic E-state index is 11.9. The van der Waals surface area contributed by atoms with Gasteiger partial charge in [-0.25, -0.2) is 0 Å². The minimum atomic E-state index is -2.32. The Morgan fingerprint density at radius 3 is 1.84 bits per heavy atom. The van der Waals surface area contributed by atoms with E-state index in [2.05, 4.69) is 57.5 Å². The van der Waals surface area contributed by atoms with Crippen LogP contribution in [-0.4, -0.2) is 45.4 Å². The molecular formula is C26H52O3SiSn. The zero-order chi connectivity index (χ0) is 23.6. The molecule has 0 saturated heterocycles. The van der Waals surface area contributed by atoms with Crippen LogP contribution >= 0.6 is 0 Å². The van der Waals surface area contributed by atoms with E-state index in [4.69, 9.17) is 9.16 Å². The van der Waals surface area contributed by atoms with Crippen molar-refractivity contribution in [3.05, 3.63) is 22.3 Å². The second-order valence-electron chi connectivity index (χ2n) is 9.96. The fourth-order valence-electron chi connectivity index (χ4n) is 3.81. The van der Waals surface area contributed by atoms with E-state index in [0.29, 0.717) is 6.61 Å². The summed E-state index contributed by atoms with van der Waals surface area (Å²) in [6, 6.07) is 0. The normalized spacial score (nSPS) is 13.9. The Labute approximate surface area is 199 Å². The van der Waals surface area contributed by atoms with Crippen LogP contribution in [0.3, 0.4) is 0 Å². The Kier molecular flexibility index (Phi) is 18.3. The van der Waals surface area contributed by atoms with E-state index in [0.717, 1.165) is 19.3 Å². The van der Waals surface area contributed by atoms with E-state index in [1.165, 1.54) is 51.8 Å². The molecule has 0 aliphatic carbocycles. The number of unbranched alkanes of at least 4 members (excludes halogenated alkanes) is 4. The molecule has 0 unspecified atom stereocenters. The Bertz CT molecular complexity index is 489. The summed E-state index contributed by atoms with van der Waals surface area (Å²) in [6.45, 7) is 16.3. The van der Waals surface area contributed by atoms with Gasteiger partial charge in [-0.2, -0.15) is 0 Å². The maximum absolute atomic E-state index is 11.9. The molecule has 31 heavy (non-hydrogen) atoms. The Hall–Kier alpha value is -0.0744. The Morgan fingerprint density at radius 1 is 0.871 bits per heavy atom. The number of carbonyl (C=O) groups excluding carboxylic acids is 1. The summed E-state index contributed by atoms with van der Waals surface area (Å²) in [4.78, 5) is 11.9. The van der Waals surface area contributed by atoms with Crippen molar-refractivity contribution in [2.45, 2.75) is 125 Å². The molecular weight excluding hydrogens is 507 g/mol. The number of hydrogen-bond acceptors (Lipinski definition) is 3. The van der Waals surface area contributed by atoms with Crippen molar-refractivity contribution in [2.75, 3.05) is 6.61 Å². The quantitative estimate of drug-likeness (QED) is 0.0690. The van der Waals surface area contributed by atoms with Gasteiger partial charge < -0.3 is 0 Å². The van der Waals surface area contributed by atoms with Gasteiger partial charge in [0.2, 0.25) is 0 Å². The summed E-state index contributed by atoms with van der Waals surface area (Å²) in [7, 11) is -1.67. The van der Waals surface area contributed by atoms with Gasteiger partial charge in [0, 0.05) is 0 Å². The molecule has 0 rings (SSSR count). The van der Waals surface area contributed by atoms with E-state index in [-0.39, 0.29) is 12.1 Å². The molecule has 0 spiro atoms. The van der Waals surface area contributed by atoms with E-state index in [1.807, 2.05) is 6.08 Å². The third-order valence-electron chi connectivity index (χ3n) is 5.62. The van der Waals surface area contributed by atoms with Crippen LogP contribution < -0.4 is 0 Å². The van der Waals surface area contributed by atoms with Gasteiger partial charge >= 0.3 is 200 Å². The summed E-state index contributed by atoms with van der Waals surface area (Å²) >= 11 is -2.32. The molecule has 0 fully saturated rings. The predicted octanol–water partition coefficient (Wildman–Crippen LogP) is 8.44. The first-order chi connectivity index (χ1) is 14.7. The van der Waals surface area contributed by atoms with Gasteiger partial charge in [0.15, 0.2) is 0 Å². The van der Waals surface area contributed by atoms with Crippen molar-refractivity contribution in [1.29, 1.82) is 0 Å². The van der Waals surface area contributed by atoms with E-state index >= 15 is 0 Å². The predicted molar refractivity (Wildman–Crippen MR) is 142 cm³/mol. The van der Waals surface area contributed by atoms with Crippen LogP contribution in [0.4, 0.5) is 0 Å². The summed E-state index contributed by atoms with van der Waals surface area (Å²) in [5.74, 6) is -0.230. The van der Waals surface area contributed by atoms with Gasteiger partial charge in [0.05, 0.1) is 0 Å². The number of rotatable bonds is 19. The first-order valence-electron chi connectivity index (χ1n) is 12.9. The molecule has 0 amide bonds. The van der Waals surface area contributed by atoms with Crippen LogP contribution in [0.15, 0.2) is 22.3 Å². The van der Waals surface area contributed by atoms with Crippen molar-refractivity contribution < 1.29 is 14.0 Å². The number of ether oxygens (including phenoxy) is 1. The summed E-state index contributed by atoms with van der Waals surface area (Å²) in [5.41, 5.74) is 0. The van der Waals surface area contributed by atoms with Gasteiger partial charge in [0.1, 0.15) is 0 Å². The van der Waals surface area contributed by atoms with Gasteiger partial charge in [-0.15, -0.1) is 0 Å². The summed E-state index contributed by atoms with van der Waals surface area (Å²) < 4.78 is 18.9. The Morgan fingerprint density at radius 2 is 1.39 bits per heavy atom. The van der Waals surface area contributed by atoms with Crippen LogP contribution in [-0.2, 0) is 14.0 Å². The molecule has 0 aromatic carbocycles. The van der Waals surface area contributed by atoms with Crippen molar-refractivity contribution >= 4 is 32.7 Å². The molecule has 0 aromatic rings. The van der Waals surface area contributed by atoms with E-state index in [9.17, 15) is 4.79 Å². The minimum absolute atomic E-state index is 0.0762. The SMILES string of the molecule is CCCCOC(=O)/C=C/C[C@@H](/C=[CH]/[Sn]([CH2]CCC)([CH2]CCC)[CH2]CCC)O[Si](C)(C)C. The van der Waals surface area contributed by atoms with Gasteiger partial charge in [-0.05, 0) is 0 Å². The van der Waals surface area contributed by atoms with Gasteiger partial charge in [0.25, 0.3) is 0 Å². The first kappa shape index (κ1) is 30.9. The molecule has 0 aliphatic rings. The zero-order valence-corrected chi connectivity index (χ0v) is 25.7. The molecule has 0 radical (unpaired) electrons. The van der Waals surface area contributed by atoms with Crippen molar-refractivity contribution in [1.82, 2.24) is 0 Å². The topological polar surface area (TPSA) is 35.5 Å². The van der Waals surface area contributed by atoms with Crippen molar-refractivity contribution in [2.24, 2.45) is 0 Å². The molecule has 0 heterocycles. The van der Waals surface area contributed by atoms with E-state index < -0.39 is 26.7 Å². The second-order valence-corrected chi connectivity index (χ2v) is 27.4. The molecule has 3 nitrogen and oxygen atoms in total. The Balaban J connectivity index is 5.38. The molecule has 1 atom stereocenters. The zero-order valence-electron chi connectivity index (χ0n) is 21.8. The first-order valence-corrected chi connectivity index (χ1v) is 24.0. The van der Waals surface area contributed by atoms with Crippen molar-refractivity contribution in [3.8, 4) is 0 Å². The monoisotopic (exact) mass is 560 g/mol. The number of hydrogen-bond donors (Lipinski definition) is 0. The number of carbonyl (C=O) groups is 1. The molecule has 0 aliphatic heterocycles. The third-order valence-corrected chi connectivity index (χ3v) is 20.7. The molecule has 0 N–H and O–H groups in total. The molecule has 5 heteroatoms. The second kappa shape index (κ2) is 18.4. The average molecular weight is 559 g/mol. The van der Waals surface area contributed by atoms with Crippen LogP contribution in [0.1, 0.15) is 85.5 Å². The van der Waals surface area contributed by atoms with Crippen LogP contribution in [0.25, 0.3) is 0 Å². The average Bonchev–Trinajstić information content (AvgIpc) is 2.71. The molecule has 0 aromatic heterocycles. The van der Waals surface area contributed by atoms with E-state index in [1.54, 1.807) is 6.08 Å². The van der Waals surface area contributed by atoms with Crippen molar-refractivity contribution in [3.63, 3.8) is 0 Å². The standard InChI is InChI=1S/C14H25O3Si.3C4H9.Sn/c1-6-8-12-16-14(15)11-9-10-13(7-2)17-18(3,4)5;3*1-3-4-2;/h2,7,9,11,13H,6,8,10,12H2,1,3-5H3;3*1,3-4H2,2H3;/b7-2?,11-9+;;;;/t13-;;;;/m1..../s1. The molecule has 182 valence electrons. The summed E-state index contributed by atoms with van der Waals surface area (Å²) in [6.07, 6.45) is 16.7. The number of esters is 1. The fourth-order valence-corrected chi connectivity index (χ4v) is 19.3.